The van der Waals surface area contributed by atoms with Crippen molar-refractivity contribution in [2.45, 2.75) is 12.2 Å². The molecule has 0 aromatic carbocycles. The molecule has 0 aliphatic heterocycles. The van der Waals surface area contributed by atoms with Gasteiger partial charge in [-0.1, -0.05) is 0 Å². The van der Waals surface area contributed by atoms with Crippen molar-refractivity contribution in [3.63, 3.8) is 0 Å². The molecular weight excluding hydrogens is 221 g/mol. The number of aliphatic hydroxyl groups excluding tert-OH is 2. The van der Waals surface area contributed by atoms with E-state index in [1.54, 1.807) is 0 Å². The van der Waals surface area contributed by atoms with Crippen LogP contribution in [0.1, 0.15) is 22.0 Å². The lowest BCUT2D eigenvalue weighted by atomic mass is 10.0. The van der Waals surface area contributed by atoms with Gasteiger partial charge in [-0.3, -0.25) is 4.79 Å². The number of aliphatic hydroxyl groups is 2. The van der Waals surface area contributed by atoms with Crippen LogP contribution in [0.15, 0.2) is 12.3 Å². The monoisotopic (exact) mass is 229 g/mol. The highest BCUT2D eigenvalue weighted by Gasteiger charge is 2.28. The molecule has 0 saturated carbocycles. The van der Waals surface area contributed by atoms with E-state index in [2.05, 4.69) is 4.98 Å². The molecule has 0 fully saturated rings. The van der Waals surface area contributed by atoms with Gasteiger partial charge >= 0.3 is 5.97 Å². The zero-order chi connectivity index (χ0) is 12.3. The number of halogens is 1. The van der Waals surface area contributed by atoms with Gasteiger partial charge in [0.05, 0.1) is 5.56 Å². The van der Waals surface area contributed by atoms with E-state index in [4.69, 9.17) is 10.2 Å². The normalized spacial score (nSPS) is 14.2. The molecule has 1 aromatic rings. The molecule has 0 bridgehead atoms. The van der Waals surface area contributed by atoms with Crippen LogP contribution in [-0.2, 0) is 4.79 Å². The number of aromatic nitrogens is 1. The van der Waals surface area contributed by atoms with Gasteiger partial charge < -0.3 is 15.3 Å². The first-order valence-electron chi connectivity index (χ1n) is 4.17. The topological polar surface area (TPSA) is 108 Å². The number of pyridine rings is 1. The third kappa shape index (κ3) is 2.20. The van der Waals surface area contributed by atoms with Crippen LogP contribution in [0.2, 0.25) is 0 Å². The molecule has 0 radical (unpaired) electrons. The Kier molecular flexibility index (Phi) is 3.64. The minimum atomic E-state index is -2.14. The van der Waals surface area contributed by atoms with Crippen molar-refractivity contribution < 1.29 is 29.3 Å². The third-order valence-electron chi connectivity index (χ3n) is 1.96. The summed E-state index contributed by atoms with van der Waals surface area (Å²) in [6.07, 6.45) is -2.99. The Morgan fingerprint density at radius 2 is 2.12 bits per heavy atom. The first kappa shape index (κ1) is 12.2. The van der Waals surface area contributed by atoms with Gasteiger partial charge in [0.2, 0.25) is 5.95 Å². The minimum absolute atomic E-state index is 0.0927. The number of carboxylic acids is 1. The van der Waals surface area contributed by atoms with Crippen LogP contribution in [0.25, 0.3) is 0 Å². The number of hydrogen-bond donors (Lipinski definition) is 3. The van der Waals surface area contributed by atoms with Gasteiger partial charge in [0, 0.05) is 11.8 Å². The van der Waals surface area contributed by atoms with Crippen molar-refractivity contribution in [2.75, 3.05) is 0 Å². The van der Waals surface area contributed by atoms with Crippen molar-refractivity contribution in [3.05, 3.63) is 29.3 Å². The predicted molar refractivity (Wildman–Crippen MR) is 48.2 cm³/mol. The Bertz CT molecular complexity index is 422. The zero-order valence-corrected chi connectivity index (χ0v) is 7.87. The zero-order valence-electron chi connectivity index (χ0n) is 7.87. The quantitative estimate of drug-likeness (QED) is 0.475. The van der Waals surface area contributed by atoms with Crippen molar-refractivity contribution in [3.8, 4) is 0 Å². The van der Waals surface area contributed by atoms with Gasteiger partial charge in [-0.15, -0.1) is 0 Å². The molecule has 6 nitrogen and oxygen atoms in total. The Morgan fingerprint density at radius 1 is 1.50 bits per heavy atom. The molecule has 1 rings (SSSR count). The maximum absolute atomic E-state index is 13.0. The molecule has 1 aromatic heterocycles. The van der Waals surface area contributed by atoms with Crippen molar-refractivity contribution >= 4 is 12.3 Å². The molecule has 0 amide bonds. The smallest absolute Gasteiger partial charge is 0.335 e. The van der Waals surface area contributed by atoms with E-state index >= 15 is 0 Å². The van der Waals surface area contributed by atoms with E-state index in [1.807, 2.05) is 0 Å². The summed E-state index contributed by atoms with van der Waals surface area (Å²) < 4.78 is 13.0. The number of rotatable bonds is 4. The van der Waals surface area contributed by atoms with E-state index in [-0.39, 0.29) is 11.8 Å². The predicted octanol–water partition coefficient (Wildman–Crippen LogP) is -0.488. The molecule has 16 heavy (non-hydrogen) atoms. The molecule has 1 heterocycles. The highest BCUT2D eigenvalue weighted by Crippen LogP contribution is 2.21. The average Bonchev–Trinajstić information content (AvgIpc) is 2.26. The summed E-state index contributed by atoms with van der Waals surface area (Å²) in [7, 11) is 0. The van der Waals surface area contributed by atoms with Crippen molar-refractivity contribution in [1.82, 2.24) is 4.98 Å². The van der Waals surface area contributed by atoms with Gasteiger partial charge in [0.15, 0.2) is 12.4 Å². The summed E-state index contributed by atoms with van der Waals surface area (Å²) in [4.78, 5) is 24.1. The first-order chi connectivity index (χ1) is 7.49. The van der Waals surface area contributed by atoms with Gasteiger partial charge in [-0.05, 0) is 6.07 Å². The van der Waals surface area contributed by atoms with Crippen LogP contribution in [0.3, 0.4) is 0 Å². The van der Waals surface area contributed by atoms with Crippen LogP contribution >= 0.6 is 0 Å². The molecule has 86 valence electrons. The van der Waals surface area contributed by atoms with Crippen molar-refractivity contribution in [2.24, 2.45) is 0 Å². The molecule has 0 saturated heterocycles. The van der Waals surface area contributed by atoms with E-state index in [0.29, 0.717) is 0 Å². The molecule has 0 aliphatic rings. The average molecular weight is 229 g/mol. The maximum Gasteiger partial charge on any atom is 0.335 e. The fourth-order valence-electron chi connectivity index (χ4n) is 1.14. The Morgan fingerprint density at radius 3 is 2.62 bits per heavy atom. The SMILES string of the molecule is O=Cc1c(C(O)C(O)C(=O)O)ccnc1F. The standard InChI is InChI=1S/C9H8FNO5/c10-8-5(3-12)4(1-2-11-8)6(13)7(14)9(15)16/h1-3,6-7,13-14H,(H,15,16). The first-order valence-corrected chi connectivity index (χ1v) is 4.17. The molecule has 2 atom stereocenters. The molecule has 0 spiro atoms. The van der Waals surface area contributed by atoms with Gasteiger partial charge in [0.25, 0.3) is 0 Å². The van der Waals surface area contributed by atoms with Crippen LogP contribution in [0.4, 0.5) is 4.39 Å². The fraction of sp³-hybridized carbons (Fsp3) is 0.222. The Balaban J connectivity index is 3.17. The number of nitrogens with zero attached hydrogens (tertiary/aromatic N) is 1. The lowest BCUT2D eigenvalue weighted by Crippen LogP contribution is -2.28. The summed E-state index contributed by atoms with van der Waals surface area (Å²) in [6.45, 7) is 0. The summed E-state index contributed by atoms with van der Waals surface area (Å²) in [5.74, 6) is -2.81. The van der Waals surface area contributed by atoms with Gasteiger partial charge in [-0.25, -0.2) is 9.78 Å². The largest absolute Gasteiger partial charge is 0.479 e. The number of aldehydes is 1. The lowest BCUT2D eigenvalue weighted by molar-refractivity contribution is -0.153. The number of carbonyl (C=O) groups excluding carboxylic acids is 1. The summed E-state index contributed by atoms with van der Waals surface area (Å²) in [6, 6.07) is 1.06. The van der Waals surface area contributed by atoms with Gasteiger partial charge in [0.1, 0.15) is 6.10 Å². The Hall–Kier alpha value is -1.86. The highest BCUT2D eigenvalue weighted by atomic mass is 19.1. The van der Waals surface area contributed by atoms with Crippen molar-refractivity contribution in [1.29, 1.82) is 0 Å². The second-order valence-electron chi connectivity index (χ2n) is 2.95. The number of carbonyl (C=O) groups is 2. The lowest BCUT2D eigenvalue weighted by Gasteiger charge is -2.15. The number of carboxylic acid groups (broad SMARTS) is 1. The second kappa shape index (κ2) is 4.77. The Labute approximate surface area is 89.0 Å². The molecule has 7 heteroatoms. The minimum Gasteiger partial charge on any atom is -0.479 e. The molecular formula is C9H8FNO5. The van der Waals surface area contributed by atoms with Crippen LogP contribution in [0.5, 0.6) is 0 Å². The highest BCUT2D eigenvalue weighted by molar-refractivity contribution is 5.79. The van der Waals surface area contributed by atoms with E-state index < -0.39 is 29.7 Å². The van der Waals surface area contributed by atoms with Gasteiger partial charge in [-0.2, -0.15) is 4.39 Å². The molecule has 2 unspecified atom stereocenters. The summed E-state index contributed by atoms with van der Waals surface area (Å²) >= 11 is 0. The fourth-order valence-corrected chi connectivity index (χ4v) is 1.14. The van der Waals surface area contributed by atoms with E-state index in [0.717, 1.165) is 12.3 Å². The number of hydrogen-bond acceptors (Lipinski definition) is 5. The van der Waals surface area contributed by atoms with Crippen LogP contribution < -0.4 is 0 Å². The molecule has 3 N–H and O–H groups in total. The third-order valence-corrected chi connectivity index (χ3v) is 1.96. The van der Waals surface area contributed by atoms with E-state index in [9.17, 15) is 19.1 Å². The second-order valence-corrected chi connectivity index (χ2v) is 2.95. The maximum atomic E-state index is 13.0. The summed E-state index contributed by atoms with van der Waals surface area (Å²) in [5, 5.41) is 26.9. The summed E-state index contributed by atoms with van der Waals surface area (Å²) in [5.41, 5.74) is -0.896. The molecule has 0 aliphatic carbocycles. The number of aliphatic carboxylic acids is 1. The van der Waals surface area contributed by atoms with Crippen LogP contribution in [-0.4, -0.2) is 38.7 Å². The van der Waals surface area contributed by atoms with E-state index in [1.165, 1.54) is 0 Å². The van der Waals surface area contributed by atoms with Crippen LogP contribution in [0, 0.1) is 5.95 Å².